The number of rotatable bonds is 5. The molecule has 0 radical (unpaired) electrons. The van der Waals surface area contributed by atoms with Crippen LogP contribution in [0.2, 0.25) is 0 Å². The van der Waals surface area contributed by atoms with E-state index in [9.17, 15) is 0 Å². The highest BCUT2D eigenvalue weighted by Gasteiger charge is 2.48. The van der Waals surface area contributed by atoms with Crippen LogP contribution in [0, 0.1) is 6.92 Å². The first-order valence-corrected chi connectivity index (χ1v) is 22.3. The maximum absolute atomic E-state index is 6.66. The summed E-state index contributed by atoms with van der Waals surface area (Å²) in [6, 6.07) is 63.3. The minimum atomic E-state index is -0.507. The van der Waals surface area contributed by atoms with Crippen molar-refractivity contribution in [1.29, 1.82) is 0 Å². The molecule has 4 heteroatoms. The third-order valence-electron chi connectivity index (χ3n) is 14.6. The lowest BCUT2D eigenvalue weighted by molar-refractivity contribution is 0.332. The van der Waals surface area contributed by atoms with Crippen molar-refractivity contribution in [2.75, 3.05) is 10.2 Å². The fourth-order valence-electron chi connectivity index (χ4n) is 11.5. The molecule has 12 rings (SSSR count). The smallest absolute Gasteiger partial charge is 0.198 e. The Hall–Kier alpha value is -6.78. The Kier molecular flexibility index (Phi) is 7.98. The van der Waals surface area contributed by atoms with Crippen molar-refractivity contribution in [3.63, 3.8) is 0 Å². The molecule has 62 heavy (non-hydrogen) atoms. The first-order chi connectivity index (χ1) is 30.1. The zero-order valence-corrected chi connectivity index (χ0v) is 36.1. The van der Waals surface area contributed by atoms with Gasteiger partial charge in [-0.3, -0.25) is 0 Å². The molecule has 0 spiro atoms. The molecule has 3 heterocycles. The number of aryl methyl sites for hydroxylation is 1. The van der Waals surface area contributed by atoms with Crippen molar-refractivity contribution < 1.29 is 4.42 Å². The van der Waals surface area contributed by atoms with Crippen LogP contribution < -0.4 is 21.1 Å². The Labute approximate surface area is 365 Å². The first-order valence-electron chi connectivity index (χ1n) is 22.3. The number of hydrogen-bond donors (Lipinski definition) is 1. The Morgan fingerprint density at radius 1 is 0.532 bits per heavy atom. The summed E-state index contributed by atoms with van der Waals surface area (Å²) >= 11 is 0. The average molecular weight is 801 g/mol. The van der Waals surface area contributed by atoms with Gasteiger partial charge in [-0.15, -0.1) is 0 Å². The SMILES string of the molecule is Cc1cc(-c2cc3oc4ccccc4c3cc2Nc2ccc3c(c2)C(C)(C)CCC3(C)C)c2c(c1)N1c3ccccc3C(c3ccccc3)(c3ccccc3)c3cccc(c31)B2. The molecular formula is C58H49BN2O. The first kappa shape index (κ1) is 37.0. The lowest BCUT2D eigenvalue weighted by Gasteiger charge is -2.49. The van der Waals surface area contributed by atoms with E-state index in [0.717, 1.165) is 46.2 Å². The largest absolute Gasteiger partial charge is 0.456 e. The standard InChI is InChI=1S/C58H49BN2O/c1-36-31-43(41-35-53-42(40-21-12-15-26-52(40)62-53)34-49(41)60-39-27-28-44-47(33-39)57(4,5)30-29-56(44,2)3)54-51(32-36)61-50-25-14-13-22-45(50)58(37-17-8-6-9-18-37,38-19-10-7-11-20-38)46-23-16-24-48(59-54)55(46)61/h6-28,31-35,59-60H,29-30H2,1-5H3. The van der Waals surface area contributed by atoms with E-state index in [1.807, 2.05) is 0 Å². The molecule has 3 nitrogen and oxygen atoms in total. The Morgan fingerprint density at radius 3 is 1.98 bits per heavy atom. The summed E-state index contributed by atoms with van der Waals surface area (Å²) in [6.45, 7) is 11.9. The minimum absolute atomic E-state index is 0.0985. The lowest BCUT2D eigenvalue weighted by atomic mass is 9.54. The zero-order valence-electron chi connectivity index (χ0n) is 36.1. The number of benzene rings is 8. The maximum atomic E-state index is 6.66. The molecule has 1 aromatic heterocycles. The quantitative estimate of drug-likeness (QED) is 0.176. The van der Waals surface area contributed by atoms with Crippen molar-refractivity contribution in [1.82, 2.24) is 0 Å². The van der Waals surface area contributed by atoms with Crippen LogP contribution in [0.3, 0.4) is 0 Å². The molecule has 300 valence electrons. The Bertz CT molecular complexity index is 3230. The van der Waals surface area contributed by atoms with E-state index in [0.29, 0.717) is 0 Å². The van der Waals surface area contributed by atoms with Gasteiger partial charge in [-0.25, -0.2) is 0 Å². The van der Waals surface area contributed by atoms with Gasteiger partial charge < -0.3 is 14.6 Å². The summed E-state index contributed by atoms with van der Waals surface area (Å²) in [5.41, 5.74) is 21.7. The van der Waals surface area contributed by atoms with Crippen LogP contribution in [-0.2, 0) is 16.2 Å². The molecule has 0 unspecified atom stereocenters. The molecule has 0 bridgehead atoms. The summed E-state index contributed by atoms with van der Waals surface area (Å²) in [7, 11) is 0.798. The minimum Gasteiger partial charge on any atom is -0.456 e. The van der Waals surface area contributed by atoms with Crippen LogP contribution in [0.5, 0.6) is 0 Å². The van der Waals surface area contributed by atoms with E-state index >= 15 is 0 Å². The molecule has 0 saturated heterocycles. The Balaban J connectivity index is 1.10. The topological polar surface area (TPSA) is 28.4 Å². The van der Waals surface area contributed by atoms with Gasteiger partial charge in [0.15, 0.2) is 7.28 Å². The molecule has 9 aromatic rings. The number of furan rings is 1. The van der Waals surface area contributed by atoms with Gasteiger partial charge in [-0.2, -0.15) is 0 Å². The molecule has 0 fully saturated rings. The van der Waals surface area contributed by atoms with E-state index < -0.39 is 5.41 Å². The monoisotopic (exact) mass is 800 g/mol. The predicted octanol–water partition coefficient (Wildman–Crippen LogP) is 13.5. The predicted molar refractivity (Wildman–Crippen MR) is 262 cm³/mol. The van der Waals surface area contributed by atoms with Crippen molar-refractivity contribution in [3.05, 3.63) is 209 Å². The second kappa shape index (κ2) is 13.4. The van der Waals surface area contributed by atoms with Gasteiger partial charge in [0.2, 0.25) is 0 Å². The van der Waals surface area contributed by atoms with Gasteiger partial charge in [-0.1, -0.05) is 161 Å². The van der Waals surface area contributed by atoms with Crippen LogP contribution in [0.25, 0.3) is 33.1 Å². The zero-order chi connectivity index (χ0) is 42.0. The van der Waals surface area contributed by atoms with E-state index in [2.05, 4.69) is 215 Å². The highest BCUT2D eigenvalue weighted by Crippen LogP contribution is 2.58. The second-order valence-corrected chi connectivity index (χ2v) is 19.3. The van der Waals surface area contributed by atoms with Gasteiger partial charge >= 0.3 is 0 Å². The summed E-state index contributed by atoms with van der Waals surface area (Å²) in [5, 5.41) is 6.28. The van der Waals surface area contributed by atoms with E-state index in [1.54, 1.807) is 0 Å². The summed E-state index contributed by atoms with van der Waals surface area (Å²) in [6.07, 6.45) is 2.36. The van der Waals surface area contributed by atoms with Gasteiger partial charge in [0.25, 0.3) is 0 Å². The molecule has 0 amide bonds. The highest BCUT2D eigenvalue weighted by atomic mass is 16.3. The fourth-order valence-corrected chi connectivity index (χ4v) is 11.5. The van der Waals surface area contributed by atoms with Gasteiger partial charge in [0.05, 0.1) is 11.1 Å². The third kappa shape index (κ3) is 5.32. The molecular weight excluding hydrogens is 751 g/mol. The molecule has 1 aliphatic carbocycles. The maximum Gasteiger partial charge on any atom is 0.198 e. The summed E-state index contributed by atoms with van der Waals surface area (Å²) in [5.74, 6) is 0. The summed E-state index contributed by atoms with van der Waals surface area (Å²) in [4.78, 5) is 2.58. The van der Waals surface area contributed by atoms with Crippen LogP contribution in [0.4, 0.5) is 28.4 Å². The van der Waals surface area contributed by atoms with Crippen LogP contribution in [0.1, 0.15) is 79.5 Å². The number of para-hydroxylation sites is 3. The number of fused-ring (bicyclic) bond motifs is 8. The van der Waals surface area contributed by atoms with Crippen molar-refractivity contribution in [2.24, 2.45) is 0 Å². The normalized spacial score (nSPS) is 16.2. The number of nitrogens with zero attached hydrogens (tertiary/aromatic N) is 1. The van der Waals surface area contributed by atoms with Crippen molar-refractivity contribution in [3.8, 4) is 11.1 Å². The average Bonchev–Trinajstić information content (AvgIpc) is 3.66. The van der Waals surface area contributed by atoms with Crippen LogP contribution >= 0.6 is 0 Å². The molecule has 3 aliphatic rings. The van der Waals surface area contributed by atoms with Gasteiger partial charge in [0.1, 0.15) is 11.2 Å². The molecule has 0 saturated carbocycles. The lowest BCUT2D eigenvalue weighted by Crippen LogP contribution is -2.47. The Morgan fingerprint density at radius 2 is 1.21 bits per heavy atom. The third-order valence-corrected chi connectivity index (χ3v) is 14.6. The molecule has 8 aromatic carbocycles. The molecule has 1 N–H and O–H groups in total. The van der Waals surface area contributed by atoms with Gasteiger partial charge in [-0.05, 0) is 123 Å². The molecule has 2 aliphatic heterocycles. The number of anilines is 5. The van der Waals surface area contributed by atoms with E-state index in [4.69, 9.17) is 4.42 Å². The number of hydrogen-bond acceptors (Lipinski definition) is 3. The van der Waals surface area contributed by atoms with E-state index in [1.165, 1.54) is 85.3 Å². The fraction of sp³-hybridized carbons (Fsp3) is 0.172. The van der Waals surface area contributed by atoms with Crippen LogP contribution in [0.15, 0.2) is 174 Å². The van der Waals surface area contributed by atoms with Crippen molar-refractivity contribution >= 4 is 68.6 Å². The van der Waals surface area contributed by atoms with E-state index in [-0.39, 0.29) is 10.8 Å². The number of nitrogens with one attached hydrogen (secondary N) is 1. The molecule has 0 atom stereocenters. The second-order valence-electron chi connectivity index (χ2n) is 19.3. The van der Waals surface area contributed by atoms with Gasteiger partial charge in [0, 0.05) is 39.1 Å². The van der Waals surface area contributed by atoms with Crippen molar-refractivity contribution in [2.45, 2.75) is 63.7 Å². The van der Waals surface area contributed by atoms with Crippen LogP contribution in [-0.4, -0.2) is 7.28 Å². The summed E-state index contributed by atoms with van der Waals surface area (Å²) < 4.78 is 6.66. The highest BCUT2D eigenvalue weighted by molar-refractivity contribution is 6.73.